The van der Waals surface area contributed by atoms with Crippen molar-refractivity contribution in [2.24, 2.45) is 17.6 Å². The summed E-state index contributed by atoms with van der Waals surface area (Å²) in [5.41, 5.74) is 5.83. The molecule has 1 aliphatic rings. The summed E-state index contributed by atoms with van der Waals surface area (Å²) in [6, 6.07) is 2.98. The van der Waals surface area contributed by atoms with E-state index in [1.807, 2.05) is 0 Å². The average Bonchev–Trinajstić information content (AvgIpc) is 3.20. The van der Waals surface area contributed by atoms with Gasteiger partial charge in [0.15, 0.2) is 0 Å². The van der Waals surface area contributed by atoms with Gasteiger partial charge >= 0.3 is 0 Å². The summed E-state index contributed by atoms with van der Waals surface area (Å²) in [5, 5.41) is 0. The molecule has 0 saturated heterocycles. The van der Waals surface area contributed by atoms with Gasteiger partial charge in [0.25, 0.3) is 0 Å². The molecule has 0 spiro atoms. The Morgan fingerprint density at radius 2 is 2.26 bits per heavy atom. The van der Waals surface area contributed by atoms with Gasteiger partial charge in [0.2, 0.25) is 10.0 Å². The summed E-state index contributed by atoms with van der Waals surface area (Å²) < 4.78 is 26.7. The van der Waals surface area contributed by atoms with Crippen molar-refractivity contribution >= 4 is 27.2 Å². The van der Waals surface area contributed by atoms with Crippen LogP contribution in [0.2, 0.25) is 0 Å². The molecule has 1 atom stereocenters. The molecule has 104 valence electrons. The van der Waals surface area contributed by atoms with E-state index in [9.17, 15) is 8.42 Å². The normalized spacial score (nSPS) is 17.1. The highest BCUT2D eigenvalue weighted by Gasteiger charge is 2.28. The third-order valence-electron chi connectivity index (χ3n) is 3.32. The Balaban J connectivity index is 2.03. The second-order valence-electron chi connectivity index (χ2n) is 4.91. The van der Waals surface area contributed by atoms with Gasteiger partial charge in [-0.3, -0.25) is 4.98 Å². The van der Waals surface area contributed by atoms with Gasteiger partial charge in [-0.1, -0.05) is 19.1 Å². The van der Waals surface area contributed by atoms with Crippen LogP contribution in [0.5, 0.6) is 0 Å². The molecule has 0 aliphatic heterocycles. The Bertz CT molecular complexity index is 565. The first-order valence-corrected chi connectivity index (χ1v) is 8.05. The number of pyridine rings is 1. The molecule has 19 heavy (non-hydrogen) atoms. The topological polar surface area (TPSA) is 85.1 Å². The van der Waals surface area contributed by atoms with E-state index in [1.165, 1.54) is 31.2 Å². The predicted octanol–water partition coefficient (Wildman–Crippen LogP) is 1.04. The van der Waals surface area contributed by atoms with Crippen molar-refractivity contribution < 1.29 is 8.42 Å². The molecule has 1 aliphatic carbocycles. The molecule has 1 heterocycles. The number of aromatic nitrogens is 1. The molecule has 1 aromatic heterocycles. The van der Waals surface area contributed by atoms with Crippen LogP contribution in [0.4, 0.5) is 0 Å². The van der Waals surface area contributed by atoms with E-state index < -0.39 is 10.0 Å². The smallest absolute Gasteiger partial charge is 0.242 e. The molecule has 0 bridgehead atoms. The molecular formula is C12H17N3O2S2. The maximum Gasteiger partial charge on any atom is 0.242 e. The Morgan fingerprint density at radius 1 is 1.58 bits per heavy atom. The van der Waals surface area contributed by atoms with Crippen LogP contribution in [0.1, 0.15) is 25.5 Å². The standard InChI is InChI=1S/C12H17N3O2S2/c1-8(9-2-3-9)6-15-19(16,17)10-4-5-11(12(13)18)14-7-10/h4-5,7-9,15H,2-3,6H2,1H3,(H2,13,18). The Hall–Kier alpha value is -1.05. The van der Waals surface area contributed by atoms with Gasteiger partial charge < -0.3 is 5.73 Å². The average molecular weight is 299 g/mol. The van der Waals surface area contributed by atoms with Gasteiger partial charge in [0.05, 0.1) is 5.69 Å². The Kier molecular flexibility index (Phi) is 4.17. The third kappa shape index (κ3) is 3.71. The summed E-state index contributed by atoms with van der Waals surface area (Å²) in [6.07, 6.45) is 3.68. The minimum Gasteiger partial charge on any atom is -0.388 e. The van der Waals surface area contributed by atoms with E-state index >= 15 is 0 Å². The number of nitrogens with zero attached hydrogens (tertiary/aromatic N) is 1. The fourth-order valence-corrected chi connectivity index (χ4v) is 3.05. The maximum atomic E-state index is 12.0. The fourth-order valence-electron chi connectivity index (χ4n) is 1.84. The highest BCUT2D eigenvalue weighted by molar-refractivity contribution is 7.89. The van der Waals surface area contributed by atoms with Crippen LogP contribution in [0.25, 0.3) is 0 Å². The minimum atomic E-state index is -3.50. The van der Waals surface area contributed by atoms with Crippen LogP contribution < -0.4 is 10.5 Å². The van der Waals surface area contributed by atoms with E-state index in [2.05, 4.69) is 16.6 Å². The Labute approximate surface area is 118 Å². The lowest BCUT2D eigenvalue weighted by molar-refractivity contribution is 0.491. The van der Waals surface area contributed by atoms with Gasteiger partial charge in [-0.2, -0.15) is 0 Å². The zero-order valence-corrected chi connectivity index (χ0v) is 12.3. The Morgan fingerprint density at radius 3 is 2.74 bits per heavy atom. The summed E-state index contributed by atoms with van der Waals surface area (Å²) >= 11 is 4.77. The summed E-state index contributed by atoms with van der Waals surface area (Å²) in [6.45, 7) is 2.53. The van der Waals surface area contributed by atoms with Crippen LogP contribution in [0.3, 0.4) is 0 Å². The van der Waals surface area contributed by atoms with Crippen molar-refractivity contribution in [2.75, 3.05) is 6.54 Å². The van der Waals surface area contributed by atoms with Crippen molar-refractivity contribution in [1.29, 1.82) is 0 Å². The number of nitrogens with one attached hydrogen (secondary N) is 1. The number of thiocarbonyl (C=S) groups is 1. The lowest BCUT2D eigenvalue weighted by Crippen LogP contribution is -2.29. The van der Waals surface area contributed by atoms with Crippen molar-refractivity contribution in [2.45, 2.75) is 24.7 Å². The largest absolute Gasteiger partial charge is 0.388 e. The van der Waals surface area contributed by atoms with Crippen LogP contribution >= 0.6 is 12.2 Å². The lowest BCUT2D eigenvalue weighted by atomic mass is 10.1. The molecular weight excluding hydrogens is 282 g/mol. The van der Waals surface area contributed by atoms with Crippen LogP contribution in [0, 0.1) is 11.8 Å². The van der Waals surface area contributed by atoms with Crippen LogP contribution in [-0.4, -0.2) is 24.9 Å². The molecule has 2 rings (SSSR count). The van der Waals surface area contributed by atoms with Gasteiger partial charge in [0, 0.05) is 12.7 Å². The van der Waals surface area contributed by atoms with Gasteiger partial charge in [-0.15, -0.1) is 0 Å². The molecule has 7 heteroatoms. The zero-order chi connectivity index (χ0) is 14.0. The SMILES string of the molecule is CC(CNS(=O)(=O)c1ccc(C(N)=S)nc1)C1CC1. The van der Waals surface area contributed by atoms with Crippen molar-refractivity contribution in [3.63, 3.8) is 0 Å². The summed E-state index contributed by atoms with van der Waals surface area (Å²) in [4.78, 5) is 4.22. The summed E-state index contributed by atoms with van der Waals surface area (Å²) in [7, 11) is -3.50. The molecule has 0 amide bonds. The first-order chi connectivity index (χ1) is 8.90. The van der Waals surface area contributed by atoms with Crippen LogP contribution in [0.15, 0.2) is 23.2 Å². The van der Waals surface area contributed by atoms with E-state index in [1.54, 1.807) is 0 Å². The molecule has 1 aromatic rings. The lowest BCUT2D eigenvalue weighted by Gasteiger charge is -2.11. The van der Waals surface area contributed by atoms with E-state index in [4.69, 9.17) is 18.0 Å². The van der Waals surface area contributed by atoms with Crippen molar-refractivity contribution in [3.8, 4) is 0 Å². The maximum absolute atomic E-state index is 12.0. The van der Waals surface area contributed by atoms with Gasteiger partial charge in [-0.25, -0.2) is 13.1 Å². The molecule has 5 nitrogen and oxygen atoms in total. The predicted molar refractivity (Wildman–Crippen MR) is 77.2 cm³/mol. The monoisotopic (exact) mass is 299 g/mol. The summed E-state index contributed by atoms with van der Waals surface area (Å²) in [5.74, 6) is 1.04. The van der Waals surface area contributed by atoms with E-state index in [0.29, 0.717) is 24.1 Å². The molecule has 0 aromatic carbocycles. The van der Waals surface area contributed by atoms with Crippen molar-refractivity contribution in [3.05, 3.63) is 24.0 Å². The highest BCUT2D eigenvalue weighted by atomic mass is 32.2. The quantitative estimate of drug-likeness (QED) is 0.767. The molecule has 1 saturated carbocycles. The van der Waals surface area contributed by atoms with E-state index in [0.717, 1.165) is 0 Å². The van der Waals surface area contributed by atoms with Gasteiger partial charge in [0.1, 0.15) is 9.88 Å². The van der Waals surface area contributed by atoms with Crippen molar-refractivity contribution in [1.82, 2.24) is 9.71 Å². The minimum absolute atomic E-state index is 0.135. The number of hydrogen-bond acceptors (Lipinski definition) is 4. The first-order valence-electron chi connectivity index (χ1n) is 6.15. The zero-order valence-electron chi connectivity index (χ0n) is 10.7. The molecule has 3 N–H and O–H groups in total. The van der Waals surface area contributed by atoms with Gasteiger partial charge in [-0.05, 0) is 36.8 Å². The van der Waals surface area contributed by atoms with E-state index in [-0.39, 0.29) is 9.88 Å². The molecule has 0 radical (unpaired) electrons. The number of rotatable bonds is 6. The second-order valence-corrected chi connectivity index (χ2v) is 7.12. The number of nitrogens with two attached hydrogens (primary N) is 1. The number of hydrogen-bond donors (Lipinski definition) is 2. The first kappa shape index (κ1) is 14.4. The molecule has 1 unspecified atom stereocenters. The highest BCUT2D eigenvalue weighted by Crippen LogP contribution is 2.36. The van der Waals surface area contributed by atoms with Crippen LogP contribution in [-0.2, 0) is 10.0 Å². The molecule has 1 fully saturated rings. The third-order valence-corrected chi connectivity index (χ3v) is 4.94. The fraction of sp³-hybridized carbons (Fsp3) is 0.500. The second kappa shape index (κ2) is 5.52. The number of sulfonamides is 1.